The molecule has 154 valence electrons. The van der Waals surface area contributed by atoms with Crippen molar-refractivity contribution >= 4 is 22.7 Å². The molecule has 2 aromatic carbocycles. The fraction of sp³-hybridized carbons (Fsp3) is 0.304. The molecule has 0 radical (unpaired) electrons. The predicted molar refractivity (Wildman–Crippen MR) is 120 cm³/mol. The molecule has 6 nitrogen and oxygen atoms in total. The van der Waals surface area contributed by atoms with Crippen molar-refractivity contribution in [3.63, 3.8) is 0 Å². The number of para-hydroxylation sites is 1. The van der Waals surface area contributed by atoms with Gasteiger partial charge in [-0.1, -0.05) is 78.6 Å². The Morgan fingerprint density at radius 1 is 1.03 bits per heavy atom. The molecule has 0 aliphatic rings. The van der Waals surface area contributed by atoms with Gasteiger partial charge in [-0.05, 0) is 25.5 Å². The molecule has 0 N–H and O–H groups in total. The lowest BCUT2D eigenvalue weighted by molar-refractivity contribution is 0.391. The van der Waals surface area contributed by atoms with Crippen LogP contribution >= 0.6 is 11.8 Å². The summed E-state index contributed by atoms with van der Waals surface area (Å²) in [5.74, 6) is 1.53. The standard InChI is InChI=1S/C23H24N4O2S/c1-3-4-7-14-27-22(28)18-8-5-6-9-19(18)24-23(27)30-15-20-25-21(26-29-20)17-12-10-16(2)11-13-17/h5-6,8-13H,3-4,7,14-15H2,1-2H3. The van der Waals surface area contributed by atoms with E-state index in [2.05, 4.69) is 17.1 Å². The van der Waals surface area contributed by atoms with E-state index in [4.69, 9.17) is 9.51 Å². The molecule has 0 aliphatic carbocycles. The van der Waals surface area contributed by atoms with E-state index in [1.165, 1.54) is 17.3 Å². The fourth-order valence-corrected chi connectivity index (χ4v) is 4.10. The van der Waals surface area contributed by atoms with Crippen LogP contribution < -0.4 is 5.56 Å². The number of hydrogen-bond donors (Lipinski definition) is 0. The molecule has 0 saturated carbocycles. The van der Waals surface area contributed by atoms with E-state index in [0.717, 1.165) is 24.8 Å². The van der Waals surface area contributed by atoms with E-state index < -0.39 is 0 Å². The molecule has 0 fully saturated rings. The summed E-state index contributed by atoms with van der Waals surface area (Å²) in [6, 6.07) is 15.5. The SMILES string of the molecule is CCCCCn1c(SCc2nc(-c3ccc(C)cc3)no2)nc2ccccc2c1=O. The zero-order valence-electron chi connectivity index (χ0n) is 17.2. The number of thioether (sulfide) groups is 1. The summed E-state index contributed by atoms with van der Waals surface area (Å²) in [7, 11) is 0. The van der Waals surface area contributed by atoms with Gasteiger partial charge in [0.1, 0.15) is 0 Å². The Bertz CT molecular complexity index is 1200. The number of unbranched alkanes of at least 4 members (excludes halogenated alkanes) is 2. The molecule has 0 saturated heterocycles. The first-order valence-electron chi connectivity index (χ1n) is 10.2. The van der Waals surface area contributed by atoms with Gasteiger partial charge >= 0.3 is 0 Å². The van der Waals surface area contributed by atoms with Crippen molar-refractivity contribution in [3.05, 3.63) is 70.3 Å². The lowest BCUT2D eigenvalue weighted by atomic mass is 10.1. The zero-order chi connectivity index (χ0) is 20.9. The summed E-state index contributed by atoms with van der Waals surface area (Å²) in [6.45, 7) is 4.85. The quantitative estimate of drug-likeness (QED) is 0.221. The minimum Gasteiger partial charge on any atom is -0.338 e. The van der Waals surface area contributed by atoms with Crippen LogP contribution in [-0.2, 0) is 12.3 Å². The van der Waals surface area contributed by atoms with Gasteiger partial charge in [0.2, 0.25) is 11.7 Å². The summed E-state index contributed by atoms with van der Waals surface area (Å²) in [5, 5.41) is 5.43. The minimum absolute atomic E-state index is 0.00470. The van der Waals surface area contributed by atoms with Gasteiger partial charge in [0.25, 0.3) is 5.56 Å². The van der Waals surface area contributed by atoms with Gasteiger partial charge in [0.05, 0.1) is 16.7 Å². The van der Waals surface area contributed by atoms with Crippen LogP contribution in [0.5, 0.6) is 0 Å². The number of aryl methyl sites for hydroxylation is 1. The third-order valence-corrected chi connectivity index (χ3v) is 5.88. The number of nitrogens with zero attached hydrogens (tertiary/aromatic N) is 4. The largest absolute Gasteiger partial charge is 0.338 e. The average molecular weight is 421 g/mol. The second kappa shape index (κ2) is 9.26. The van der Waals surface area contributed by atoms with E-state index in [0.29, 0.717) is 40.1 Å². The first-order valence-corrected chi connectivity index (χ1v) is 11.2. The molecule has 2 heterocycles. The summed E-state index contributed by atoms with van der Waals surface area (Å²) in [5.41, 5.74) is 2.81. The molecule has 2 aromatic heterocycles. The molecule has 30 heavy (non-hydrogen) atoms. The van der Waals surface area contributed by atoms with Crippen LogP contribution in [0.25, 0.3) is 22.3 Å². The maximum atomic E-state index is 13.0. The lowest BCUT2D eigenvalue weighted by Gasteiger charge is -2.12. The van der Waals surface area contributed by atoms with Crippen molar-refractivity contribution in [2.45, 2.75) is 50.6 Å². The number of benzene rings is 2. The summed E-state index contributed by atoms with van der Waals surface area (Å²) in [4.78, 5) is 22.3. The maximum Gasteiger partial charge on any atom is 0.262 e. The highest BCUT2D eigenvalue weighted by Gasteiger charge is 2.14. The van der Waals surface area contributed by atoms with E-state index >= 15 is 0 Å². The highest BCUT2D eigenvalue weighted by molar-refractivity contribution is 7.98. The van der Waals surface area contributed by atoms with Crippen LogP contribution in [0.2, 0.25) is 0 Å². The van der Waals surface area contributed by atoms with Crippen LogP contribution in [0.1, 0.15) is 37.6 Å². The van der Waals surface area contributed by atoms with E-state index in [1.54, 1.807) is 4.57 Å². The van der Waals surface area contributed by atoms with Crippen molar-refractivity contribution in [2.24, 2.45) is 0 Å². The summed E-state index contributed by atoms with van der Waals surface area (Å²) < 4.78 is 7.21. The van der Waals surface area contributed by atoms with E-state index in [1.807, 2.05) is 55.5 Å². The average Bonchev–Trinajstić information content (AvgIpc) is 3.24. The molecular formula is C23H24N4O2S. The second-order valence-electron chi connectivity index (χ2n) is 7.24. The van der Waals surface area contributed by atoms with Gasteiger partial charge in [-0.25, -0.2) is 4.98 Å². The third kappa shape index (κ3) is 4.46. The van der Waals surface area contributed by atoms with Crippen LogP contribution in [0.3, 0.4) is 0 Å². The van der Waals surface area contributed by atoms with Crippen molar-refractivity contribution in [3.8, 4) is 11.4 Å². The molecule has 0 atom stereocenters. The van der Waals surface area contributed by atoms with Gasteiger partial charge in [-0.15, -0.1) is 0 Å². The summed E-state index contributed by atoms with van der Waals surface area (Å²) in [6.07, 6.45) is 3.12. The Morgan fingerprint density at radius 3 is 2.63 bits per heavy atom. The van der Waals surface area contributed by atoms with Crippen molar-refractivity contribution in [1.29, 1.82) is 0 Å². The van der Waals surface area contributed by atoms with E-state index in [9.17, 15) is 4.79 Å². The van der Waals surface area contributed by atoms with Crippen molar-refractivity contribution in [1.82, 2.24) is 19.7 Å². The van der Waals surface area contributed by atoms with Gasteiger partial charge in [-0.2, -0.15) is 4.98 Å². The topological polar surface area (TPSA) is 73.8 Å². The molecule has 0 unspecified atom stereocenters. The molecule has 4 rings (SSSR count). The number of fused-ring (bicyclic) bond motifs is 1. The molecule has 0 aliphatic heterocycles. The van der Waals surface area contributed by atoms with Crippen LogP contribution in [-0.4, -0.2) is 19.7 Å². The number of aromatic nitrogens is 4. The normalized spacial score (nSPS) is 11.3. The zero-order valence-corrected chi connectivity index (χ0v) is 18.0. The minimum atomic E-state index is 0.00470. The molecule has 0 bridgehead atoms. The first-order chi connectivity index (χ1) is 14.7. The number of rotatable bonds is 8. The second-order valence-corrected chi connectivity index (χ2v) is 8.18. The monoisotopic (exact) mass is 420 g/mol. The van der Waals surface area contributed by atoms with E-state index in [-0.39, 0.29) is 5.56 Å². The lowest BCUT2D eigenvalue weighted by Crippen LogP contribution is -2.23. The highest BCUT2D eigenvalue weighted by atomic mass is 32.2. The van der Waals surface area contributed by atoms with Crippen LogP contribution in [0.15, 0.2) is 63.0 Å². The van der Waals surface area contributed by atoms with Gasteiger partial charge in [0, 0.05) is 12.1 Å². The molecule has 4 aromatic rings. The third-order valence-electron chi connectivity index (χ3n) is 4.91. The Labute approximate surface area is 179 Å². The Hall–Kier alpha value is -2.93. The highest BCUT2D eigenvalue weighted by Crippen LogP contribution is 2.24. The van der Waals surface area contributed by atoms with Crippen molar-refractivity contribution in [2.75, 3.05) is 0 Å². The van der Waals surface area contributed by atoms with Gasteiger partial charge < -0.3 is 4.52 Å². The predicted octanol–water partition coefficient (Wildman–Crippen LogP) is 5.24. The van der Waals surface area contributed by atoms with Crippen LogP contribution in [0, 0.1) is 6.92 Å². The molecule has 0 amide bonds. The van der Waals surface area contributed by atoms with Crippen LogP contribution in [0.4, 0.5) is 0 Å². The van der Waals surface area contributed by atoms with Gasteiger partial charge in [0.15, 0.2) is 5.16 Å². The Morgan fingerprint density at radius 2 is 1.83 bits per heavy atom. The molecule has 7 heteroatoms. The Kier molecular flexibility index (Phi) is 6.28. The number of hydrogen-bond acceptors (Lipinski definition) is 6. The fourth-order valence-electron chi connectivity index (χ4n) is 3.23. The van der Waals surface area contributed by atoms with Crippen molar-refractivity contribution < 1.29 is 4.52 Å². The molecular weight excluding hydrogens is 396 g/mol. The Balaban J connectivity index is 1.58. The van der Waals surface area contributed by atoms with Gasteiger partial charge in [-0.3, -0.25) is 9.36 Å². The smallest absolute Gasteiger partial charge is 0.262 e. The first kappa shape index (κ1) is 20.3. The maximum absolute atomic E-state index is 13.0. The summed E-state index contributed by atoms with van der Waals surface area (Å²) >= 11 is 1.45. The molecule has 0 spiro atoms.